The van der Waals surface area contributed by atoms with E-state index in [2.05, 4.69) is 4.72 Å². The van der Waals surface area contributed by atoms with Crippen LogP contribution in [-0.2, 0) is 14.8 Å². The van der Waals surface area contributed by atoms with Crippen LogP contribution >= 0.6 is 0 Å². The summed E-state index contributed by atoms with van der Waals surface area (Å²) in [4.78, 5) is 10.9. The molecule has 1 aromatic carbocycles. The van der Waals surface area contributed by atoms with E-state index in [1.54, 1.807) is 30.3 Å². The topological polar surface area (TPSA) is 83.5 Å². The Morgan fingerprint density at radius 3 is 2.32 bits per heavy atom. The monoisotopic (exact) mass is 283 g/mol. The second-order valence-corrected chi connectivity index (χ2v) is 5.73. The van der Waals surface area contributed by atoms with Crippen LogP contribution in [0.3, 0.4) is 0 Å². The molecule has 5 nitrogen and oxygen atoms in total. The van der Waals surface area contributed by atoms with Gasteiger partial charge in [0.05, 0.1) is 10.5 Å². The first-order chi connectivity index (χ1) is 8.90. The van der Waals surface area contributed by atoms with Crippen molar-refractivity contribution in [1.29, 1.82) is 0 Å². The number of hydrogen-bond donors (Lipinski definition) is 2. The summed E-state index contributed by atoms with van der Waals surface area (Å²) in [5.41, 5.74) is 0.167. The summed E-state index contributed by atoms with van der Waals surface area (Å²) in [5, 5.41) is 9.05. The van der Waals surface area contributed by atoms with Gasteiger partial charge in [-0.3, -0.25) is 0 Å². The molecule has 0 radical (unpaired) electrons. The zero-order chi connectivity index (χ0) is 14.5. The summed E-state index contributed by atoms with van der Waals surface area (Å²) in [5.74, 6) is -1.25. The number of benzene rings is 1. The molecule has 0 saturated carbocycles. The highest BCUT2D eigenvalue weighted by atomic mass is 32.2. The second kappa shape index (κ2) is 6.49. The van der Waals surface area contributed by atoms with Crippen LogP contribution in [0.5, 0.6) is 0 Å². The molecule has 0 atom stereocenters. The number of rotatable bonds is 6. The summed E-state index contributed by atoms with van der Waals surface area (Å²) in [6.45, 7) is 3.39. The van der Waals surface area contributed by atoms with Gasteiger partial charge >= 0.3 is 5.97 Å². The van der Waals surface area contributed by atoms with Gasteiger partial charge in [0.25, 0.3) is 0 Å². The predicted molar refractivity (Wildman–Crippen MR) is 73.9 cm³/mol. The Kier molecular flexibility index (Phi) is 5.26. The van der Waals surface area contributed by atoms with Crippen LogP contribution in [-0.4, -0.2) is 26.0 Å². The first-order valence-electron chi connectivity index (χ1n) is 5.89. The molecule has 6 heteroatoms. The van der Waals surface area contributed by atoms with Crippen molar-refractivity contribution in [2.45, 2.75) is 20.3 Å². The van der Waals surface area contributed by atoms with E-state index in [1.165, 1.54) is 6.92 Å². The largest absolute Gasteiger partial charge is 0.478 e. The van der Waals surface area contributed by atoms with E-state index in [1.807, 2.05) is 6.92 Å². The molecule has 0 bridgehead atoms. The summed E-state index contributed by atoms with van der Waals surface area (Å²) in [6.07, 6.45) is 0.632. The van der Waals surface area contributed by atoms with Crippen molar-refractivity contribution in [1.82, 2.24) is 4.72 Å². The maximum Gasteiger partial charge on any atom is 0.332 e. The van der Waals surface area contributed by atoms with Gasteiger partial charge in [0, 0.05) is 6.54 Å². The van der Waals surface area contributed by atoms with Crippen molar-refractivity contribution in [2.24, 2.45) is 0 Å². The fraction of sp³-hybridized carbons (Fsp3) is 0.308. The Balaban J connectivity index is 3.39. The van der Waals surface area contributed by atoms with Gasteiger partial charge in [-0.1, -0.05) is 37.3 Å². The van der Waals surface area contributed by atoms with Crippen molar-refractivity contribution >= 4 is 20.9 Å². The molecule has 0 saturated heterocycles. The van der Waals surface area contributed by atoms with Gasteiger partial charge in [-0.05, 0) is 18.9 Å². The van der Waals surface area contributed by atoms with Crippen LogP contribution in [0.15, 0.2) is 35.9 Å². The lowest BCUT2D eigenvalue weighted by molar-refractivity contribution is -0.132. The fourth-order valence-electron chi connectivity index (χ4n) is 1.57. The number of carboxylic acids is 1. The first kappa shape index (κ1) is 15.4. The van der Waals surface area contributed by atoms with Crippen LogP contribution in [0.25, 0.3) is 4.91 Å². The Bertz CT molecular complexity index is 576. The number of carbonyl (C=O) groups is 1. The van der Waals surface area contributed by atoms with Crippen molar-refractivity contribution in [3.63, 3.8) is 0 Å². The van der Waals surface area contributed by atoms with Crippen molar-refractivity contribution in [3.8, 4) is 0 Å². The summed E-state index contributed by atoms with van der Waals surface area (Å²) < 4.78 is 26.8. The highest BCUT2D eigenvalue weighted by Gasteiger charge is 2.24. The smallest absolute Gasteiger partial charge is 0.332 e. The van der Waals surface area contributed by atoms with Gasteiger partial charge in [-0.15, -0.1) is 0 Å². The minimum Gasteiger partial charge on any atom is -0.478 e. The molecule has 0 aliphatic rings. The lowest BCUT2D eigenvalue weighted by atomic mass is 10.1. The van der Waals surface area contributed by atoms with Crippen LogP contribution in [0.2, 0.25) is 0 Å². The van der Waals surface area contributed by atoms with Gasteiger partial charge in [-0.2, -0.15) is 0 Å². The summed E-state index contributed by atoms with van der Waals surface area (Å²) in [7, 11) is -3.83. The van der Waals surface area contributed by atoms with Crippen LogP contribution in [0.1, 0.15) is 25.8 Å². The Morgan fingerprint density at radius 1 is 1.26 bits per heavy atom. The van der Waals surface area contributed by atoms with Crippen molar-refractivity contribution in [3.05, 3.63) is 41.5 Å². The molecular formula is C13H17NO4S. The molecule has 0 fully saturated rings. The lowest BCUT2D eigenvalue weighted by Gasteiger charge is -2.12. The van der Waals surface area contributed by atoms with E-state index in [9.17, 15) is 13.2 Å². The highest BCUT2D eigenvalue weighted by Crippen LogP contribution is 2.24. The lowest BCUT2D eigenvalue weighted by Crippen LogP contribution is -2.26. The Morgan fingerprint density at radius 2 is 1.84 bits per heavy atom. The molecule has 1 aromatic rings. The quantitative estimate of drug-likeness (QED) is 0.780. The SMILES string of the molecule is CCCNS(=O)(=O)C(=C(C)C(=O)O)c1ccccc1. The Hall–Kier alpha value is -1.66. The third-order valence-corrected chi connectivity index (χ3v) is 4.17. The minimum absolute atomic E-state index is 0.186. The number of sulfonamides is 1. The van der Waals surface area contributed by atoms with Crippen molar-refractivity contribution in [2.75, 3.05) is 6.54 Å². The Labute approximate surface area is 113 Å². The minimum atomic E-state index is -3.83. The third kappa shape index (κ3) is 3.90. The molecule has 2 N–H and O–H groups in total. The number of aliphatic carboxylic acids is 1. The molecule has 1 rings (SSSR count). The average molecular weight is 283 g/mol. The average Bonchev–Trinajstić information content (AvgIpc) is 2.37. The molecule has 0 heterocycles. The molecule has 0 aliphatic heterocycles. The van der Waals surface area contributed by atoms with Gasteiger partial charge in [0.15, 0.2) is 0 Å². The van der Waals surface area contributed by atoms with E-state index in [0.717, 1.165) is 0 Å². The van der Waals surface area contributed by atoms with Gasteiger partial charge in [0.1, 0.15) is 0 Å². The van der Waals surface area contributed by atoms with E-state index >= 15 is 0 Å². The van der Waals surface area contributed by atoms with E-state index in [4.69, 9.17) is 5.11 Å². The maximum absolute atomic E-state index is 12.2. The second-order valence-electron chi connectivity index (χ2n) is 4.02. The van der Waals surface area contributed by atoms with E-state index in [0.29, 0.717) is 12.0 Å². The highest BCUT2D eigenvalue weighted by molar-refractivity contribution is 7.98. The molecule has 104 valence electrons. The molecule has 0 aliphatic carbocycles. The zero-order valence-electron chi connectivity index (χ0n) is 10.9. The first-order valence-corrected chi connectivity index (χ1v) is 7.37. The standard InChI is InChI=1S/C13H17NO4S/c1-3-9-14-19(17,18)12(10(2)13(15)16)11-7-5-4-6-8-11/h4-8,14H,3,9H2,1-2H3,(H,15,16). The molecule has 0 spiro atoms. The van der Waals surface area contributed by atoms with Gasteiger partial charge in [-0.25, -0.2) is 17.9 Å². The normalized spacial score (nSPS) is 12.9. The predicted octanol–water partition coefficient (Wildman–Crippen LogP) is 1.83. The van der Waals surface area contributed by atoms with Gasteiger partial charge in [0.2, 0.25) is 10.0 Å². The number of nitrogens with one attached hydrogen (secondary N) is 1. The zero-order valence-corrected chi connectivity index (χ0v) is 11.7. The fourth-order valence-corrected chi connectivity index (χ4v) is 3.12. The molecule has 0 aromatic heterocycles. The van der Waals surface area contributed by atoms with Crippen LogP contribution in [0.4, 0.5) is 0 Å². The molecule has 19 heavy (non-hydrogen) atoms. The van der Waals surface area contributed by atoms with Crippen LogP contribution < -0.4 is 4.72 Å². The molecule has 0 unspecified atom stereocenters. The summed E-state index contributed by atoms with van der Waals surface area (Å²) >= 11 is 0. The molecule has 0 amide bonds. The number of hydrogen-bond acceptors (Lipinski definition) is 3. The van der Waals surface area contributed by atoms with E-state index < -0.39 is 16.0 Å². The number of carboxylic acid groups (broad SMARTS) is 1. The van der Waals surface area contributed by atoms with E-state index in [-0.39, 0.29) is 17.0 Å². The summed E-state index contributed by atoms with van der Waals surface area (Å²) in [6, 6.07) is 8.23. The van der Waals surface area contributed by atoms with Crippen molar-refractivity contribution < 1.29 is 18.3 Å². The van der Waals surface area contributed by atoms with Gasteiger partial charge < -0.3 is 5.11 Å². The molecular weight excluding hydrogens is 266 g/mol. The van der Waals surface area contributed by atoms with Crippen LogP contribution in [0, 0.1) is 0 Å². The third-order valence-electron chi connectivity index (χ3n) is 2.51. The maximum atomic E-state index is 12.2.